The average Bonchev–Trinajstić information content (AvgIpc) is 2.60. The molecule has 0 aliphatic heterocycles. The summed E-state index contributed by atoms with van der Waals surface area (Å²) in [4.78, 5) is 12.4. The van der Waals surface area contributed by atoms with Gasteiger partial charge in [-0.3, -0.25) is 10.1 Å². The van der Waals surface area contributed by atoms with Crippen LogP contribution in [-0.2, 0) is 4.79 Å². The molecule has 2 aromatic carbocycles. The summed E-state index contributed by atoms with van der Waals surface area (Å²) in [6, 6.07) is 18.8. The quantitative estimate of drug-likeness (QED) is 0.849. The minimum atomic E-state index is -0.340. The second-order valence-corrected chi connectivity index (χ2v) is 6.20. The molecule has 0 radical (unpaired) electrons. The Hall–Kier alpha value is -2.64. The van der Waals surface area contributed by atoms with E-state index in [9.17, 15) is 4.79 Å². The molecule has 2 atom stereocenters. The Morgan fingerprint density at radius 1 is 1.00 bits per heavy atom. The fraction of sp³-hybridized carbons (Fsp3) is 0.300. The number of nitrogens with one attached hydrogen (secondary N) is 2. The van der Waals surface area contributed by atoms with Crippen molar-refractivity contribution in [3.8, 4) is 6.07 Å². The number of amides is 1. The minimum Gasteiger partial charge on any atom is -0.325 e. The van der Waals surface area contributed by atoms with Crippen LogP contribution in [0.15, 0.2) is 54.6 Å². The molecule has 0 saturated carbocycles. The van der Waals surface area contributed by atoms with Gasteiger partial charge in [0.1, 0.15) is 0 Å². The summed E-state index contributed by atoms with van der Waals surface area (Å²) >= 11 is 0. The lowest BCUT2D eigenvalue weighted by molar-refractivity contribution is -0.118. The average molecular weight is 321 g/mol. The third kappa shape index (κ3) is 4.68. The van der Waals surface area contributed by atoms with Crippen molar-refractivity contribution in [1.82, 2.24) is 5.32 Å². The van der Waals surface area contributed by atoms with E-state index in [1.165, 1.54) is 5.56 Å². The lowest BCUT2D eigenvalue weighted by Gasteiger charge is -2.26. The fourth-order valence-electron chi connectivity index (χ4n) is 2.56. The number of rotatable bonds is 6. The van der Waals surface area contributed by atoms with Gasteiger partial charge >= 0.3 is 0 Å². The monoisotopic (exact) mass is 321 g/mol. The Kier molecular flexibility index (Phi) is 6.11. The van der Waals surface area contributed by atoms with Crippen molar-refractivity contribution in [1.29, 1.82) is 5.26 Å². The topological polar surface area (TPSA) is 64.9 Å². The molecule has 0 fully saturated rings. The van der Waals surface area contributed by atoms with Crippen LogP contribution >= 0.6 is 0 Å². The largest absolute Gasteiger partial charge is 0.325 e. The first-order valence-electron chi connectivity index (χ1n) is 8.13. The molecular weight excluding hydrogens is 298 g/mol. The molecule has 1 amide bonds. The van der Waals surface area contributed by atoms with Crippen LogP contribution in [0.2, 0.25) is 0 Å². The van der Waals surface area contributed by atoms with E-state index in [1.807, 2.05) is 25.1 Å². The molecule has 0 bridgehead atoms. The van der Waals surface area contributed by atoms with E-state index in [-0.39, 0.29) is 18.0 Å². The van der Waals surface area contributed by atoms with Gasteiger partial charge in [-0.05, 0) is 42.7 Å². The Labute approximate surface area is 143 Å². The minimum absolute atomic E-state index is 0.0960. The number of nitriles is 1. The zero-order valence-corrected chi connectivity index (χ0v) is 14.3. The van der Waals surface area contributed by atoms with Crippen LogP contribution < -0.4 is 10.6 Å². The number of carbonyl (C=O) groups is 1. The summed E-state index contributed by atoms with van der Waals surface area (Å²) in [5.41, 5.74) is 2.43. The number of hydrogen-bond donors (Lipinski definition) is 2. The number of hydrogen-bond acceptors (Lipinski definition) is 3. The lowest BCUT2D eigenvalue weighted by Crippen LogP contribution is -2.41. The van der Waals surface area contributed by atoms with E-state index in [1.54, 1.807) is 24.3 Å². The molecule has 0 spiro atoms. The van der Waals surface area contributed by atoms with E-state index in [2.05, 4.69) is 42.7 Å². The second kappa shape index (κ2) is 8.28. The predicted octanol–water partition coefficient (Wildman–Crippen LogP) is 3.87. The van der Waals surface area contributed by atoms with E-state index >= 15 is 0 Å². The Morgan fingerprint density at radius 3 is 2.17 bits per heavy atom. The SMILES string of the molecule is CC(C)[C@@H](N[C@H](C)C(=O)Nc1ccc(C#N)cc1)c1ccccc1. The normalized spacial score (nSPS) is 13.1. The van der Waals surface area contributed by atoms with Crippen molar-refractivity contribution in [2.24, 2.45) is 5.92 Å². The summed E-state index contributed by atoms with van der Waals surface area (Å²) < 4.78 is 0. The van der Waals surface area contributed by atoms with Gasteiger partial charge in [0.2, 0.25) is 5.91 Å². The molecule has 0 aromatic heterocycles. The second-order valence-electron chi connectivity index (χ2n) is 6.20. The molecule has 0 aliphatic carbocycles. The molecule has 4 nitrogen and oxygen atoms in total. The van der Waals surface area contributed by atoms with Crippen LogP contribution in [-0.4, -0.2) is 11.9 Å². The number of nitrogens with zero attached hydrogens (tertiary/aromatic N) is 1. The van der Waals surface area contributed by atoms with E-state index < -0.39 is 0 Å². The molecule has 2 N–H and O–H groups in total. The van der Waals surface area contributed by atoms with Gasteiger partial charge in [-0.1, -0.05) is 44.2 Å². The summed E-state index contributed by atoms with van der Waals surface area (Å²) in [5.74, 6) is 0.263. The Bertz CT molecular complexity index is 702. The molecule has 0 saturated heterocycles. The number of benzene rings is 2. The highest BCUT2D eigenvalue weighted by Crippen LogP contribution is 2.22. The first-order chi connectivity index (χ1) is 11.5. The van der Waals surface area contributed by atoms with Crippen LogP contribution in [0.25, 0.3) is 0 Å². The van der Waals surface area contributed by atoms with Crippen molar-refractivity contribution in [3.05, 3.63) is 65.7 Å². The van der Waals surface area contributed by atoms with Crippen LogP contribution in [0.4, 0.5) is 5.69 Å². The van der Waals surface area contributed by atoms with Crippen LogP contribution in [0.5, 0.6) is 0 Å². The smallest absolute Gasteiger partial charge is 0.241 e. The van der Waals surface area contributed by atoms with E-state index in [0.29, 0.717) is 17.2 Å². The van der Waals surface area contributed by atoms with Gasteiger partial charge < -0.3 is 5.32 Å². The maximum Gasteiger partial charge on any atom is 0.241 e. The molecule has 24 heavy (non-hydrogen) atoms. The van der Waals surface area contributed by atoms with Crippen LogP contribution in [0, 0.1) is 17.2 Å². The van der Waals surface area contributed by atoms with Gasteiger partial charge in [0, 0.05) is 11.7 Å². The highest BCUT2D eigenvalue weighted by molar-refractivity contribution is 5.94. The summed E-state index contributed by atoms with van der Waals surface area (Å²) in [6.07, 6.45) is 0. The highest BCUT2D eigenvalue weighted by atomic mass is 16.2. The first kappa shape index (κ1) is 17.7. The molecule has 0 unspecified atom stereocenters. The lowest BCUT2D eigenvalue weighted by atomic mass is 9.95. The van der Waals surface area contributed by atoms with Gasteiger partial charge in [0.15, 0.2) is 0 Å². The standard InChI is InChI=1S/C20H23N3O/c1-14(2)19(17-7-5-4-6-8-17)22-15(3)20(24)23-18-11-9-16(13-21)10-12-18/h4-12,14-15,19,22H,1-3H3,(H,23,24)/t15-,19-/m1/s1. The number of anilines is 1. The van der Waals surface area contributed by atoms with Crippen molar-refractivity contribution >= 4 is 11.6 Å². The van der Waals surface area contributed by atoms with E-state index in [0.717, 1.165) is 0 Å². The van der Waals surface area contributed by atoms with Crippen molar-refractivity contribution in [2.45, 2.75) is 32.9 Å². The van der Waals surface area contributed by atoms with Crippen LogP contribution in [0.3, 0.4) is 0 Å². The van der Waals surface area contributed by atoms with Gasteiger partial charge in [-0.25, -0.2) is 0 Å². The maximum atomic E-state index is 12.4. The molecule has 124 valence electrons. The van der Waals surface area contributed by atoms with E-state index in [4.69, 9.17) is 5.26 Å². The third-order valence-electron chi connectivity index (χ3n) is 3.93. The molecule has 0 heterocycles. The maximum absolute atomic E-state index is 12.4. The zero-order chi connectivity index (χ0) is 17.5. The fourth-order valence-corrected chi connectivity index (χ4v) is 2.56. The Morgan fingerprint density at radius 2 is 1.62 bits per heavy atom. The molecular formula is C20H23N3O. The van der Waals surface area contributed by atoms with Gasteiger partial charge in [0.25, 0.3) is 0 Å². The zero-order valence-electron chi connectivity index (χ0n) is 14.3. The van der Waals surface area contributed by atoms with Gasteiger partial charge in [-0.15, -0.1) is 0 Å². The molecule has 4 heteroatoms. The number of carbonyl (C=O) groups excluding carboxylic acids is 1. The molecule has 2 rings (SSSR count). The van der Waals surface area contributed by atoms with Gasteiger partial charge in [0.05, 0.1) is 17.7 Å². The Balaban J connectivity index is 2.02. The van der Waals surface area contributed by atoms with Gasteiger partial charge in [-0.2, -0.15) is 5.26 Å². The first-order valence-corrected chi connectivity index (χ1v) is 8.13. The predicted molar refractivity (Wildman–Crippen MR) is 96.4 cm³/mol. The van der Waals surface area contributed by atoms with Crippen molar-refractivity contribution in [2.75, 3.05) is 5.32 Å². The van der Waals surface area contributed by atoms with Crippen LogP contribution in [0.1, 0.15) is 37.9 Å². The molecule has 2 aromatic rings. The molecule has 0 aliphatic rings. The van der Waals surface area contributed by atoms with Crippen molar-refractivity contribution < 1.29 is 4.79 Å². The third-order valence-corrected chi connectivity index (χ3v) is 3.93. The summed E-state index contributed by atoms with van der Waals surface area (Å²) in [5, 5.41) is 15.1. The summed E-state index contributed by atoms with van der Waals surface area (Å²) in [7, 11) is 0. The summed E-state index contributed by atoms with van der Waals surface area (Å²) in [6.45, 7) is 6.13. The highest BCUT2D eigenvalue weighted by Gasteiger charge is 2.21. The van der Waals surface area contributed by atoms with Crippen molar-refractivity contribution in [3.63, 3.8) is 0 Å².